The zero-order valence-electron chi connectivity index (χ0n) is 12.2. The Bertz CT molecular complexity index is 324. The van der Waals surface area contributed by atoms with E-state index in [0.717, 1.165) is 57.3 Å². The Hall–Kier alpha value is -0.810. The first-order valence-corrected chi connectivity index (χ1v) is 7.46. The van der Waals surface area contributed by atoms with E-state index in [0.29, 0.717) is 6.42 Å². The first-order valence-electron chi connectivity index (χ1n) is 7.46. The number of rotatable bonds is 4. The summed E-state index contributed by atoms with van der Waals surface area (Å²) in [6.45, 7) is 5.99. The fraction of sp³-hybridized carbons (Fsp3) is 0.857. The topological polar surface area (TPSA) is 61.4 Å². The Morgan fingerprint density at radius 1 is 1.20 bits per heavy atom. The molecule has 20 heavy (non-hydrogen) atoms. The zero-order chi connectivity index (χ0) is 13.7. The van der Waals surface area contributed by atoms with Gasteiger partial charge in [-0.3, -0.25) is 9.59 Å². The highest BCUT2D eigenvalue weighted by Crippen LogP contribution is 2.26. The average molecular weight is 304 g/mol. The molecule has 0 aromatic heterocycles. The Kier molecular flexibility index (Phi) is 7.30. The van der Waals surface area contributed by atoms with Gasteiger partial charge in [0.05, 0.1) is 6.54 Å². The lowest BCUT2D eigenvalue weighted by atomic mass is 9.92. The predicted molar refractivity (Wildman–Crippen MR) is 80.8 cm³/mol. The summed E-state index contributed by atoms with van der Waals surface area (Å²) in [4.78, 5) is 25.4. The van der Waals surface area contributed by atoms with Crippen LogP contribution in [0.1, 0.15) is 32.6 Å². The van der Waals surface area contributed by atoms with E-state index in [1.54, 1.807) is 0 Å². The van der Waals surface area contributed by atoms with Crippen molar-refractivity contribution in [2.75, 3.05) is 32.7 Å². The van der Waals surface area contributed by atoms with Crippen molar-refractivity contribution in [3.8, 4) is 0 Å². The minimum Gasteiger partial charge on any atom is -0.347 e. The lowest BCUT2D eigenvalue weighted by Gasteiger charge is -2.21. The highest BCUT2D eigenvalue weighted by Gasteiger charge is 2.31. The van der Waals surface area contributed by atoms with Gasteiger partial charge in [-0.15, -0.1) is 12.4 Å². The van der Waals surface area contributed by atoms with Gasteiger partial charge in [-0.2, -0.15) is 0 Å². The summed E-state index contributed by atoms with van der Waals surface area (Å²) >= 11 is 0. The molecule has 0 bridgehead atoms. The van der Waals surface area contributed by atoms with Gasteiger partial charge in [-0.05, 0) is 44.2 Å². The predicted octanol–water partition coefficient (Wildman–Crippen LogP) is 0.782. The molecule has 2 aliphatic heterocycles. The van der Waals surface area contributed by atoms with Gasteiger partial charge in [0.2, 0.25) is 11.8 Å². The fourth-order valence-corrected chi connectivity index (χ4v) is 3.07. The Morgan fingerprint density at radius 3 is 2.35 bits per heavy atom. The van der Waals surface area contributed by atoms with Crippen molar-refractivity contribution in [3.05, 3.63) is 0 Å². The molecule has 2 N–H and O–H groups in total. The molecule has 0 radical (unpaired) electrons. The van der Waals surface area contributed by atoms with E-state index in [4.69, 9.17) is 0 Å². The quantitative estimate of drug-likeness (QED) is 0.807. The molecule has 6 heteroatoms. The minimum absolute atomic E-state index is 0. The summed E-state index contributed by atoms with van der Waals surface area (Å²) in [5, 5.41) is 6.14. The van der Waals surface area contributed by atoms with E-state index in [1.807, 2.05) is 11.8 Å². The van der Waals surface area contributed by atoms with Gasteiger partial charge >= 0.3 is 0 Å². The molecule has 2 fully saturated rings. The van der Waals surface area contributed by atoms with Gasteiger partial charge < -0.3 is 15.5 Å². The number of fused-ring (bicyclic) bond motifs is 1. The standard InChI is InChI=1S/C14H25N3O2.ClH/c1-2-3-13(18)16-10-14(19)17-6-4-11-8-15-9-12(11)5-7-17;/h11-12,15H,2-10H2,1H3,(H,16,18);1H/t11-,12+;. The second-order valence-corrected chi connectivity index (χ2v) is 5.66. The van der Waals surface area contributed by atoms with Crippen molar-refractivity contribution in [3.63, 3.8) is 0 Å². The van der Waals surface area contributed by atoms with Crippen LogP contribution in [0, 0.1) is 11.8 Å². The van der Waals surface area contributed by atoms with Crippen LogP contribution in [0.25, 0.3) is 0 Å². The maximum absolute atomic E-state index is 12.1. The van der Waals surface area contributed by atoms with Gasteiger partial charge in [-0.25, -0.2) is 0 Å². The second kappa shape index (κ2) is 8.47. The third-order valence-corrected chi connectivity index (χ3v) is 4.29. The van der Waals surface area contributed by atoms with Crippen molar-refractivity contribution in [2.24, 2.45) is 11.8 Å². The zero-order valence-corrected chi connectivity index (χ0v) is 13.0. The lowest BCUT2D eigenvalue weighted by Crippen LogP contribution is -2.40. The van der Waals surface area contributed by atoms with Crippen molar-refractivity contribution < 1.29 is 9.59 Å². The van der Waals surface area contributed by atoms with E-state index in [2.05, 4.69) is 10.6 Å². The van der Waals surface area contributed by atoms with E-state index < -0.39 is 0 Å². The summed E-state index contributed by atoms with van der Waals surface area (Å²) < 4.78 is 0. The van der Waals surface area contributed by atoms with Crippen LogP contribution in [-0.4, -0.2) is 49.4 Å². The molecule has 5 nitrogen and oxygen atoms in total. The third kappa shape index (κ3) is 4.63. The van der Waals surface area contributed by atoms with Crippen LogP contribution in [-0.2, 0) is 9.59 Å². The summed E-state index contributed by atoms with van der Waals surface area (Å²) in [6.07, 6.45) is 3.50. The SMILES string of the molecule is CCCC(=O)NCC(=O)N1CC[C@@H]2CNC[C@@H]2CC1.Cl. The van der Waals surface area contributed by atoms with E-state index >= 15 is 0 Å². The van der Waals surface area contributed by atoms with E-state index in [9.17, 15) is 9.59 Å². The van der Waals surface area contributed by atoms with Gasteiger partial charge in [0.25, 0.3) is 0 Å². The van der Waals surface area contributed by atoms with Crippen LogP contribution in [0.5, 0.6) is 0 Å². The van der Waals surface area contributed by atoms with Crippen LogP contribution in [0.15, 0.2) is 0 Å². The van der Waals surface area contributed by atoms with Gasteiger partial charge in [0.1, 0.15) is 0 Å². The molecule has 0 aromatic rings. The number of carbonyl (C=O) groups excluding carboxylic acids is 2. The van der Waals surface area contributed by atoms with Crippen molar-refractivity contribution in [2.45, 2.75) is 32.6 Å². The molecule has 0 saturated carbocycles. The number of nitrogens with one attached hydrogen (secondary N) is 2. The highest BCUT2D eigenvalue weighted by molar-refractivity contribution is 5.85. The Morgan fingerprint density at radius 2 is 1.80 bits per heavy atom. The van der Waals surface area contributed by atoms with E-state index in [-0.39, 0.29) is 30.8 Å². The smallest absolute Gasteiger partial charge is 0.241 e. The molecule has 2 amide bonds. The lowest BCUT2D eigenvalue weighted by molar-refractivity contribution is -0.132. The molecule has 2 atom stereocenters. The molecule has 0 unspecified atom stereocenters. The highest BCUT2D eigenvalue weighted by atomic mass is 35.5. The van der Waals surface area contributed by atoms with Crippen LogP contribution < -0.4 is 10.6 Å². The summed E-state index contributed by atoms with van der Waals surface area (Å²) in [5.74, 6) is 1.50. The third-order valence-electron chi connectivity index (χ3n) is 4.29. The number of carbonyl (C=O) groups is 2. The Balaban J connectivity index is 0.00000200. The van der Waals surface area contributed by atoms with Gasteiger partial charge in [0, 0.05) is 19.5 Å². The van der Waals surface area contributed by atoms with Gasteiger partial charge in [0.15, 0.2) is 0 Å². The van der Waals surface area contributed by atoms with Crippen molar-refractivity contribution in [1.82, 2.24) is 15.5 Å². The summed E-state index contributed by atoms with van der Waals surface area (Å²) in [6, 6.07) is 0. The number of likely N-dealkylation sites (tertiary alicyclic amines) is 1. The largest absolute Gasteiger partial charge is 0.347 e. The molecule has 2 aliphatic rings. The molecule has 2 saturated heterocycles. The second-order valence-electron chi connectivity index (χ2n) is 5.66. The van der Waals surface area contributed by atoms with E-state index in [1.165, 1.54) is 0 Å². The number of hydrogen-bond donors (Lipinski definition) is 2. The summed E-state index contributed by atoms with van der Waals surface area (Å²) in [7, 11) is 0. The first-order chi connectivity index (χ1) is 9.20. The first kappa shape index (κ1) is 17.2. The van der Waals surface area contributed by atoms with Crippen LogP contribution in [0.4, 0.5) is 0 Å². The van der Waals surface area contributed by atoms with Crippen molar-refractivity contribution in [1.29, 1.82) is 0 Å². The maximum atomic E-state index is 12.1. The number of amides is 2. The van der Waals surface area contributed by atoms with Crippen LogP contribution in [0.2, 0.25) is 0 Å². The molecule has 116 valence electrons. The van der Waals surface area contributed by atoms with Crippen LogP contribution in [0.3, 0.4) is 0 Å². The molecule has 0 spiro atoms. The monoisotopic (exact) mass is 303 g/mol. The number of nitrogens with zero attached hydrogens (tertiary/aromatic N) is 1. The van der Waals surface area contributed by atoms with Crippen LogP contribution >= 0.6 is 12.4 Å². The Labute approximate surface area is 127 Å². The average Bonchev–Trinajstić information content (AvgIpc) is 2.75. The van der Waals surface area contributed by atoms with Gasteiger partial charge in [-0.1, -0.05) is 6.92 Å². The minimum atomic E-state index is -0.0215. The molecule has 2 rings (SSSR count). The molecule has 2 heterocycles. The normalized spacial score (nSPS) is 25.4. The molecular weight excluding hydrogens is 278 g/mol. The number of halogens is 1. The summed E-state index contributed by atoms with van der Waals surface area (Å²) in [5.41, 5.74) is 0. The molecule has 0 aliphatic carbocycles. The molecule has 0 aromatic carbocycles. The molecular formula is C14H26ClN3O2. The fourth-order valence-electron chi connectivity index (χ4n) is 3.07. The number of hydrogen-bond acceptors (Lipinski definition) is 3. The van der Waals surface area contributed by atoms with Crippen molar-refractivity contribution >= 4 is 24.2 Å². The maximum Gasteiger partial charge on any atom is 0.241 e.